The number of hydrogen-bond donors (Lipinski definition) is 0. The van der Waals surface area contributed by atoms with E-state index >= 15 is 0 Å². The Balaban J connectivity index is 2.67. The van der Waals surface area contributed by atoms with Crippen molar-refractivity contribution in [3.05, 3.63) is 34.1 Å². The zero-order chi connectivity index (χ0) is 12.8. The predicted octanol–water partition coefficient (Wildman–Crippen LogP) is 2.77. The summed E-state index contributed by atoms with van der Waals surface area (Å²) in [4.78, 5) is 23.0. The maximum atomic E-state index is 13.4. The molecule has 0 aromatic heterocycles. The molecule has 0 unspecified atom stereocenters. The summed E-state index contributed by atoms with van der Waals surface area (Å²) in [5, 5.41) is 0. The van der Waals surface area contributed by atoms with Crippen molar-refractivity contribution in [2.75, 3.05) is 13.7 Å². The van der Waals surface area contributed by atoms with Gasteiger partial charge in [-0.3, -0.25) is 9.59 Å². The lowest BCUT2D eigenvalue weighted by atomic mass is 10.0. The number of benzene rings is 1. The molecule has 0 saturated heterocycles. The molecule has 0 fully saturated rings. The Labute approximate surface area is 107 Å². The Kier molecular flexibility index (Phi) is 5.44. The van der Waals surface area contributed by atoms with Crippen molar-refractivity contribution in [3.8, 4) is 0 Å². The Morgan fingerprint density at radius 1 is 1.41 bits per heavy atom. The molecule has 0 amide bonds. The first-order valence-electron chi connectivity index (χ1n) is 5.03. The second-order valence-corrected chi connectivity index (χ2v) is 4.42. The van der Waals surface area contributed by atoms with Crippen LogP contribution in [0.2, 0.25) is 0 Å². The fourth-order valence-corrected chi connectivity index (χ4v) is 1.63. The molecule has 0 N–H and O–H groups in total. The Bertz CT molecular complexity index is 432. The van der Waals surface area contributed by atoms with Gasteiger partial charge < -0.3 is 4.74 Å². The number of methoxy groups -OCH3 is 1. The van der Waals surface area contributed by atoms with Gasteiger partial charge in [-0.05, 0) is 18.2 Å². The molecule has 0 heterocycles. The molecule has 0 spiro atoms. The second kappa shape index (κ2) is 6.61. The summed E-state index contributed by atoms with van der Waals surface area (Å²) >= 11 is 3.10. The summed E-state index contributed by atoms with van der Waals surface area (Å²) in [7, 11) is 1.48. The lowest BCUT2D eigenvalue weighted by molar-refractivity contribution is -0.119. The van der Waals surface area contributed by atoms with Crippen LogP contribution < -0.4 is 0 Å². The first-order chi connectivity index (χ1) is 8.04. The molecule has 92 valence electrons. The maximum absolute atomic E-state index is 13.4. The van der Waals surface area contributed by atoms with Gasteiger partial charge in [-0.15, -0.1) is 0 Å². The zero-order valence-electron chi connectivity index (χ0n) is 9.33. The van der Waals surface area contributed by atoms with Crippen molar-refractivity contribution in [2.45, 2.75) is 12.8 Å². The summed E-state index contributed by atoms with van der Waals surface area (Å²) in [6.45, 7) is 0.273. The highest BCUT2D eigenvalue weighted by molar-refractivity contribution is 9.10. The molecular formula is C12H12BrFO3. The fraction of sp³-hybridized carbons (Fsp3) is 0.333. The minimum absolute atomic E-state index is 0.0565. The van der Waals surface area contributed by atoms with Crippen molar-refractivity contribution < 1.29 is 18.7 Å². The van der Waals surface area contributed by atoms with E-state index in [9.17, 15) is 14.0 Å². The van der Waals surface area contributed by atoms with Crippen LogP contribution in [0.15, 0.2) is 22.7 Å². The van der Waals surface area contributed by atoms with E-state index in [1.54, 1.807) is 6.07 Å². The van der Waals surface area contributed by atoms with E-state index in [0.717, 1.165) is 0 Å². The van der Waals surface area contributed by atoms with Crippen LogP contribution in [0.3, 0.4) is 0 Å². The average Bonchev–Trinajstić information content (AvgIpc) is 2.26. The third kappa shape index (κ3) is 4.36. The van der Waals surface area contributed by atoms with E-state index in [-0.39, 0.29) is 30.8 Å². The van der Waals surface area contributed by atoms with E-state index < -0.39 is 11.6 Å². The standard InChI is InChI=1S/C12H12BrFO3/c1-17-5-4-9(15)7-12(16)10-3-2-8(13)6-11(10)14/h2-3,6H,4-5,7H2,1H3. The molecule has 0 radical (unpaired) electrons. The molecule has 1 rings (SSSR count). The van der Waals surface area contributed by atoms with E-state index in [4.69, 9.17) is 4.74 Å². The third-order valence-electron chi connectivity index (χ3n) is 2.17. The maximum Gasteiger partial charge on any atom is 0.173 e. The van der Waals surface area contributed by atoms with E-state index in [1.165, 1.54) is 19.2 Å². The molecule has 0 saturated carbocycles. The molecule has 0 atom stereocenters. The number of ketones is 2. The number of rotatable bonds is 6. The molecule has 0 aliphatic heterocycles. The van der Waals surface area contributed by atoms with Gasteiger partial charge in [-0.1, -0.05) is 15.9 Å². The normalized spacial score (nSPS) is 10.3. The quantitative estimate of drug-likeness (QED) is 0.599. The topological polar surface area (TPSA) is 43.4 Å². The van der Waals surface area contributed by atoms with Gasteiger partial charge in [-0.25, -0.2) is 4.39 Å². The van der Waals surface area contributed by atoms with Gasteiger partial charge in [0.1, 0.15) is 11.6 Å². The molecule has 0 aliphatic carbocycles. The highest BCUT2D eigenvalue weighted by Gasteiger charge is 2.15. The van der Waals surface area contributed by atoms with Crippen molar-refractivity contribution in [1.29, 1.82) is 0 Å². The van der Waals surface area contributed by atoms with Crippen molar-refractivity contribution in [1.82, 2.24) is 0 Å². The Morgan fingerprint density at radius 3 is 2.71 bits per heavy atom. The first-order valence-corrected chi connectivity index (χ1v) is 5.82. The lowest BCUT2D eigenvalue weighted by Crippen LogP contribution is -2.11. The minimum Gasteiger partial charge on any atom is -0.384 e. The van der Waals surface area contributed by atoms with Crippen LogP contribution in [-0.4, -0.2) is 25.3 Å². The van der Waals surface area contributed by atoms with E-state index in [2.05, 4.69) is 15.9 Å². The van der Waals surface area contributed by atoms with Crippen LogP contribution in [-0.2, 0) is 9.53 Å². The molecule has 0 aliphatic rings. The number of carbonyl (C=O) groups excluding carboxylic acids is 2. The molecule has 1 aromatic rings. The summed E-state index contributed by atoms with van der Waals surface area (Å²) < 4.78 is 18.7. The molecule has 1 aromatic carbocycles. The molecule has 17 heavy (non-hydrogen) atoms. The molecular weight excluding hydrogens is 291 g/mol. The summed E-state index contributed by atoms with van der Waals surface area (Å²) in [6, 6.07) is 4.13. The van der Waals surface area contributed by atoms with Crippen LogP contribution in [0.25, 0.3) is 0 Å². The van der Waals surface area contributed by atoms with Gasteiger partial charge in [0.25, 0.3) is 0 Å². The third-order valence-corrected chi connectivity index (χ3v) is 2.67. The van der Waals surface area contributed by atoms with Crippen LogP contribution in [0.5, 0.6) is 0 Å². The zero-order valence-corrected chi connectivity index (χ0v) is 10.9. The molecule has 5 heteroatoms. The van der Waals surface area contributed by atoms with Gasteiger partial charge in [0.15, 0.2) is 5.78 Å². The van der Waals surface area contributed by atoms with E-state index in [1.807, 2.05) is 0 Å². The van der Waals surface area contributed by atoms with Crippen molar-refractivity contribution >= 4 is 27.5 Å². The van der Waals surface area contributed by atoms with Crippen LogP contribution >= 0.6 is 15.9 Å². The SMILES string of the molecule is COCCC(=O)CC(=O)c1ccc(Br)cc1F. The minimum atomic E-state index is -0.621. The first kappa shape index (κ1) is 14.0. The lowest BCUT2D eigenvalue weighted by Gasteiger charge is -2.02. The predicted molar refractivity (Wildman–Crippen MR) is 64.5 cm³/mol. The molecule has 0 bridgehead atoms. The second-order valence-electron chi connectivity index (χ2n) is 3.51. The number of hydrogen-bond acceptors (Lipinski definition) is 3. The summed E-state index contributed by atoms with van der Waals surface area (Å²) in [5.41, 5.74) is -0.0565. The number of ether oxygens (including phenoxy) is 1. The highest BCUT2D eigenvalue weighted by atomic mass is 79.9. The van der Waals surface area contributed by atoms with Crippen LogP contribution in [0.4, 0.5) is 4.39 Å². The van der Waals surface area contributed by atoms with Crippen LogP contribution in [0, 0.1) is 5.82 Å². The summed E-state index contributed by atoms with van der Waals surface area (Å²) in [6.07, 6.45) is -0.123. The number of carbonyl (C=O) groups is 2. The smallest absolute Gasteiger partial charge is 0.173 e. The van der Waals surface area contributed by atoms with Gasteiger partial charge in [0, 0.05) is 18.0 Å². The van der Waals surface area contributed by atoms with Crippen molar-refractivity contribution in [2.24, 2.45) is 0 Å². The summed E-state index contributed by atoms with van der Waals surface area (Å²) in [5.74, 6) is -1.38. The largest absolute Gasteiger partial charge is 0.384 e. The highest BCUT2D eigenvalue weighted by Crippen LogP contribution is 2.16. The Hall–Kier alpha value is -1.07. The van der Waals surface area contributed by atoms with Gasteiger partial charge in [0.2, 0.25) is 0 Å². The monoisotopic (exact) mass is 302 g/mol. The fourth-order valence-electron chi connectivity index (χ4n) is 1.29. The van der Waals surface area contributed by atoms with Gasteiger partial charge >= 0.3 is 0 Å². The van der Waals surface area contributed by atoms with Gasteiger partial charge in [-0.2, -0.15) is 0 Å². The van der Waals surface area contributed by atoms with Gasteiger partial charge in [0.05, 0.1) is 18.6 Å². The number of Topliss-reactive ketones (excluding diaryl/α,β-unsaturated/α-hetero) is 2. The molecule has 3 nitrogen and oxygen atoms in total. The van der Waals surface area contributed by atoms with Crippen molar-refractivity contribution in [3.63, 3.8) is 0 Å². The van der Waals surface area contributed by atoms with E-state index in [0.29, 0.717) is 4.47 Å². The number of halogens is 2. The average molecular weight is 303 g/mol. The Morgan fingerprint density at radius 2 is 2.12 bits per heavy atom. The van der Waals surface area contributed by atoms with Crippen LogP contribution in [0.1, 0.15) is 23.2 Å².